The molecule has 104 valence electrons. The van der Waals surface area contributed by atoms with E-state index in [0.717, 1.165) is 12.1 Å². The number of rotatable bonds is 1. The second kappa shape index (κ2) is 4.34. The fourth-order valence-electron chi connectivity index (χ4n) is 2.93. The number of amides is 1. The predicted molar refractivity (Wildman–Crippen MR) is 80.7 cm³/mol. The molecule has 1 amide bonds. The molecule has 0 atom stereocenters. The largest absolute Gasteiger partial charge is 0.323 e. The SMILES string of the molecule is O=C(c1cccc2[nH]c(=O)[nH]c12)N1CCc2ccccc21. The monoisotopic (exact) mass is 279 g/mol. The standard InChI is InChI=1S/C16H13N3O2/c20-15(19-9-8-10-4-1-2-7-13(10)19)11-5-3-6-12-14(11)18-16(21)17-12/h1-7H,8-9H2,(H2,17,18,21). The Morgan fingerprint density at radius 2 is 1.90 bits per heavy atom. The second-order valence-corrected chi connectivity index (χ2v) is 5.14. The minimum absolute atomic E-state index is 0.0826. The highest BCUT2D eigenvalue weighted by Crippen LogP contribution is 2.29. The number of anilines is 1. The summed E-state index contributed by atoms with van der Waals surface area (Å²) in [5.74, 6) is -0.0826. The van der Waals surface area contributed by atoms with E-state index in [1.165, 1.54) is 5.56 Å². The Morgan fingerprint density at radius 1 is 1.05 bits per heavy atom. The van der Waals surface area contributed by atoms with E-state index in [1.54, 1.807) is 23.1 Å². The lowest BCUT2D eigenvalue weighted by Crippen LogP contribution is -2.29. The molecule has 5 nitrogen and oxygen atoms in total. The Hall–Kier alpha value is -2.82. The van der Waals surface area contributed by atoms with Gasteiger partial charge in [0.05, 0.1) is 16.6 Å². The van der Waals surface area contributed by atoms with Crippen LogP contribution in [0.1, 0.15) is 15.9 Å². The van der Waals surface area contributed by atoms with E-state index in [0.29, 0.717) is 23.1 Å². The van der Waals surface area contributed by atoms with Crippen molar-refractivity contribution in [3.05, 3.63) is 64.1 Å². The second-order valence-electron chi connectivity index (χ2n) is 5.14. The van der Waals surface area contributed by atoms with Gasteiger partial charge in [0, 0.05) is 12.2 Å². The van der Waals surface area contributed by atoms with Crippen LogP contribution in [0.2, 0.25) is 0 Å². The number of aromatic amines is 2. The zero-order chi connectivity index (χ0) is 14.4. The Morgan fingerprint density at radius 3 is 2.81 bits per heavy atom. The highest BCUT2D eigenvalue weighted by molar-refractivity contribution is 6.13. The molecular formula is C16H13N3O2. The molecule has 1 aromatic heterocycles. The van der Waals surface area contributed by atoms with Crippen molar-refractivity contribution in [2.24, 2.45) is 0 Å². The minimum Gasteiger partial charge on any atom is -0.308 e. The molecule has 0 bridgehead atoms. The van der Waals surface area contributed by atoms with Crippen LogP contribution in [0.4, 0.5) is 5.69 Å². The third kappa shape index (κ3) is 1.78. The van der Waals surface area contributed by atoms with Crippen LogP contribution in [-0.2, 0) is 6.42 Å². The van der Waals surface area contributed by atoms with E-state index in [2.05, 4.69) is 9.97 Å². The molecular weight excluding hydrogens is 266 g/mol. The number of H-pyrrole nitrogens is 2. The van der Waals surface area contributed by atoms with Crippen molar-refractivity contribution < 1.29 is 4.79 Å². The third-order valence-electron chi connectivity index (χ3n) is 3.91. The average Bonchev–Trinajstić information content (AvgIpc) is 3.08. The molecule has 3 aromatic rings. The summed E-state index contributed by atoms with van der Waals surface area (Å²) in [5, 5.41) is 0. The summed E-state index contributed by atoms with van der Waals surface area (Å²) < 4.78 is 0. The van der Waals surface area contributed by atoms with Gasteiger partial charge in [0.25, 0.3) is 5.91 Å². The van der Waals surface area contributed by atoms with Gasteiger partial charge < -0.3 is 14.9 Å². The van der Waals surface area contributed by atoms with Gasteiger partial charge in [-0.25, -0.2) is 4.79 Å². The molecule has 2 aromatic carbocycles. The minimum atomic E-state index is -0.299. The number of aromatic nitrogens is 2. The molecule has 0 unspecified atom stereocenters. The summed E-state index contributed by atoms with van der Waals surface area (Å²) in [6, 6.07) is 13.2. The van der Waals surface area contributed by atoms with Crippen molar-refractivity contribution in [2.45, 2.75) is 6.42 Å². The summed E-state index contributed by atoms with van der Waals surface area (Å²) in [7, 11) is 0. The van der Waals surface area contributed by atoms with Crippen molar-refractivity contribution in [3.8, 4) is 0 Å². The summed E-state index contributed by atoms with van der Waals surface area (Å²) in [4.78, 5) is 31.4. The topological polar surface area (TPSA) is 69.0 Å². The molecule has 0 spiro atoms. The van der Waals surface area contributed by atoms with Gasteiger partial charge in [-0.05, 0) is 30.2 Å². The Balaban J connectivity index is 1.83. The van der Waals surface area contributed by atoms with Gasteiger partial charge in [-0.1, -0.05) is 24.3 Å². The molecule has 0 aliphatic carbocycles. The lowest BCUT2D eigenvalue weighted by molar-refractivity contribution is 0.0991. The number of hydrogen-bond acceptors (Lipinski definition) is 2. The molecule has 0 saturated carbocycles. The predicted octanol–water partition coefficient (Wildman–Crippen LogP) is 2.06. The van der Waals surface area contributed by atoms with Gasteiger partial charge in [0.1, 0.15) is 0 Å². The number of fused-ring (bicyclic) bond motifs is 2. The zero-order valence-corrected chi connectivity index (χ0v) is 11.2. The van der Waals surface area contributed by atoms with Crippen LogP contribution in [-0.4, -0.2) is 22.4 Å². The fraction of sp³-hybridized carbons (Fsp3) is 0.125. The first kappa shape index (κ1) is 12.0. The number of imidazole rings is 1. The number of nitrogens with one attached hydrogen (secondary N) is 2. The van der Waals surface area contributed by atoms with Gasteiger partial charge in [0.2, 0.25) is 0 Å². The van der Waals surface area contributed by atoms with Crippen LogP contribution >= 0.6 is 0 Å². The van der Waals surface area contributed by atoms with E-state index in [4.69, 9.17) is 0 Å². The van der Waals surface area contributed by atoms with Gasteiger partial charge in [0.15, 0.2) is 0 Å². The van der Waals surface area contributed by atoms with Crippen LogP contribution in [0.3, 0.4) is 0 Å². The van der Waals surface area contributed by atoms with E-state index in [-0.39, 0.29) is 11.6 Å². The van der Waals surface area contributed by atoms with Crippen LogP contribution in [0.5, 0.6) is 0 Å². The molecule has 21 heavy (non-hydrogen) atoms. The van der Waals surface area contributed by atoms with E-state index in [9.17, 15) is 9.59 Å². The highest BCUT2D eigenvalue weighted by atomic mass is 16.2. The Labute approximate surface area is 120 Å². The molecule has 4 rings (SSSR count). The summed E-state index contributed by atoms with van der Waals surface area (Å²) in [5.41, 5.74) is 3.57. The van der Waals surface area contributed by atoms with Gasteiger partial charge >= 0.3 is 5.69 Å². The number of benzene rings is 2. The number of carbonyl (C=O) groups is 1. The first-order valence-electron chi connectivity index (χ1n) is 6.85. The maximum absolute atomic E-state index is 12.8. The third-order valence-corrected chi connectivity index (χ3v) is 3.91. The molecule has 2 heterocycles. The van der Waals surface area contributed by atoms with Crippen LogP contribution in [0, 0.1) is 0 Å². The van der Waals surface area contributed by atoms with Crippen LogP contribution < -0.4 is 10.6 Å². The molecule has 5 heteroatoms. The van der Waals surface area contributed by atoms with Crippen molar-refractivity contribution in [1.29, 1.82) is 0 Å². The molecule has 0 radical (unpaired) electrons. The molecule has 1 aliphatic heterocycles. The van der Waals surface area contributed by atoms with Crippen LogP contribution in [0.15, 0.2) is 47.3 Å². The molecule has 0 saturated heterocycles. The molecule has 2 N–H and O–H groups in total. The van der Waals surface area contributed by atoms with Crippen molar-refractivity contribution in [1.82, 2.24) is 9.97 Å². The van der Waals surface area contributed by atoms with Gasteiger partial charge in [-0.3, -0.25) is 4.79 Å². The molecule has 1 aliphatic rings. The number of carbonyl (C=O) groups excluding carboxylic acids is 1. The number of hydrogen-bond donors (Lipinski definition) is 2. The van der Waals surface area contributed by atoms with Crippen molar-refractivity contribution in [3.63, 3.8) is 0 Å². The summed E-state index contributed by atoms with van der Waals surface area (Å²) in [6.07, 6.45) is 0.863. The number of para-hydroxylation sites is 2. The Kier molecular flexibility index (Phi) is 2.47. The average molecular weight is 279 g/mol. The number of nitrogens with zero attached hydrogens (tertiary/aromatic N) is 1. The van der Waals surface area contributed by atoms with E-state index < -0.39 is 0 Å². The fourth-order valence-corrected chi connectivity index (χ4v) is 2.93. The lowest BCUT2D eigenvalue weighted by Gasteiger charge is -2.17. The first-order chi connectivity index (χ1) is 10.2. The normalized spacial score (nSPS) is 13.6. The summed E-state index contributed by atoms with van der Waals surface area (Å²) >= 11 is 0. The highest BCUT2D eigenvalue weighted by Gasteiger charge is 2.26. The molecule has 0 fully saturated rings. The quantitative estimate of drug-likeness (QED) is 0.716. The van der Waals surface area contributed by atoms with Gasteiger partial charge in [-0.2, -0.15) is 0 Å². The zero-order valence-electron chi connectivity index (χ0n) is 11.2. The summed E-state index contributed by atoms with van der Waals surface area (Å²) in [6.45, 7) is 0.670. The maximum atomic E-state index is 12.8. The van der Waals surface area contributed by atoms with E-state index >= 15 is 0 Å². The Bertz CT molecular complexity index is 907. The van der Waals surface area contributed by atoms with Gasteiger partial charge in [-0.15, -0.1) is 0 Å². The van der Waals surface area contributed by atoms with Crippen LogP contribution in [0.25, 0.3) is 11.0 Å². The van der Waals surface area contributed by atoms with Crippen molar-refractivity contribution >= 4 is 22.6 Å². The van der Waals surface area contributed by atoms with E-state index in [1.807, 2.05) is 24.3 Å². The lowest BCUT2D eigenvalue weighted by atomic mass is 10.1. The smallest absolute Gasteiger partial charge is 0.308 e. The first-order valence-corrected chi connectivity index (χ1v) is 6.85. The van der Waals surface area contributed by atoms with Crippen molar-refractivity contribution in [2.75, 3.05) is 11.4 Å². The maximum Gasteiger partial charge on any atom is 0.323 e.